The molecule has 5 heteroatoms. The third-order valence-corrected chi connectivity index (χ3v) is 5.21. The number of aromatic carboxylic acids is 1. The number of benzene rings is 2. The van der Waals surface area contributed by atoms with Crippen molar-refractivity contribution in [3.8, 4) is 0 Å². The number of carboxylic acid groups (broad SMARTS) is 1. The lowest BCUT2D eigenvalue weighted by Crippen LogP contribution is -2.44. The van der Waals surface area contributed by atoms with Crippen molar-refractivity contribution >= 4 is 40.7 Å². The van der Waals surface area contributed by atoms with E-state index >= 15 is 0 Å². The maximum atomic E-state index is 10.9. The molecule has 0 amide bonds. The molecule has 0 bridgehead atoms. The summed E-state index contributed by atoms with van der Waals surface area (Å²) in [5.74, 6) is -0.950. The third kappa shape index (κ3) is 3.76. The summed E-state index contributed by atoms with van der Waals surface area (Å²) in [6, 6.07) is 10.5. The van der Waals surface area contributed by atoms with Gasteiger partial charge in [-0.3, -0.25) is 4.99 Å². The summed E-state index contributed by atoms with van der Waals surface area (Å²) in [5, 5.41) is 9.61. The van der Waals surface area contributed by atoms with Gasteiger partial charge in [0, 0.05) is 29.6 Å². The van der Waals surface area contributed by atoms with E-state index in [9.17, 15) is 4.79 Å². The number of carboxylic acids is 1. The second-order valence-electron chi connectivity index (χ2n) is 7.23. The summed E-state index contributed by atoms with van der Waals surface area (Å²) in [7, 11) is 0. The van der Waals surface area contributed by atoms with Crippen molar-refractivity contribution in [1.29, 1.82) is 0 Å². The average molecular weight is 383 g/mol. The minimum absolute atomic E-state index is 0.0589. The van der Waals surface area contributed by atoms with E-state index in [-0.39, 0.29) is 11.1 Å². The van der Waals surface area contributed by atoms with Crippen LogP contribution in [-0.4, -0.2) is 29.4 Å². The van der Waals surface area contributed by atoms with Gasteiger partial charge < -0.3 is 10.0 Å². The molecule has 4 nitrogen and oxygen atoms in total. The molecule has 0 spiro atoms. The molecule has 1 aliphatic rings. The number of nitrogens with zero attached hydrogens (tertiary/aromatic N) is 2. The summed E-state index contributed by atoms with van der Waals surface area (Å²) < 4.78 is 0. The number of anilines is 1. The molecule has 140 valence electrons. The predicted molar refractivity (Wildman–Crippen MR) is 113 cm³/mol. The van der Waals surface area contributed by atoms with E-state index in [1.54, 1.807) is 18.3 Å². The summed E-state index contributed by atoms with van der Waals surface area (Å²) >= 11 is 6.54. The first-order valence-electron chi connectivity index (χ1n) is 8.91. The van der Waals surface area contributed by atoms with E-state index in [1.807, 2.05) is 6.07 Å². The Labute approximate surface area is 164 Å². The van der Waals surface area contributed by atoms with Crippen molar-refractivity contribution in [2.24, 2.45) is 4.99 Å². The number of allylic oxidation sites excluding steroid dienone is 1. The molecule has 0 atom stereocenters. The lowest BCUT2D eigenvalue weighted by atomic mass is 9.88. The molecule has 0 aromatic heterocycles. The van der Waals surface area contributed by atoms with Gasteiger partial charge >= 0.3 is 5.97 Å². The van der Waals surface area contributed by atoms with Gasteiger partial charge in [-0.1, -0.05) is 17.7 Å². The Morgan fingerprint density at radius 1 is 1.26 bits per heavy atom. The number of hydrogen-bond acceptors (Lipinski definition) is 3. The summed E-state index contributed by atoms with van der Waals surface area (Å²) in [6.45, 7) is 9.56. The van der Waals surface area contributed by atoms with Crippen molar-refractivity contribution in [3.63, 3.8) is 0 Å². The van der Waals surface area contributed by atoms with Gasteiger partial charge in [0.05, 0.1) is 21.8 Å². The molecule has 3 rings (SSSR count). The molecule has 0 unspecified atom stereocenters. The van der Waals surface area contributed by atoms with Crippen LogP contribution in [0, 0.1) is 0 Å². The molecule has 0 fully saturated rings. The Kier molecular flexibility index (Phi) is 5.11. The smallest absolute Gasteiger partial charge is 0.335 e. The van der Waals surface area contributed by atoms with Crippen LogP contribution < -0.4 is 4.90 Å². The first-order valence-corrected chi connectivity index (χ1v) is 9.29. The molecule has 1 aliphatic heterocycles. The van der Waals surface area contributed by atoms with Crippen molar-refractivity contribution in [2.75, 3.05) is 11.4 Å². The normalized spacial score (nSPS) is 15.6. The van der Waals surface area contributed by atoms with Gasteiger partial charge in [-0.2, -0.15) is 0 Å². The zero-order chi connectivity index (χ0) is 19.8. The van der Waals surface area contributed by atoms with Gasteiger partial charge in [-0.05, 0) is 69.7 Å². The van der Waals surface area contributed by atoms with Crippen LogP contribution in [0.2, 0.25) is 5.02 Å². The second kappa shape index (κ2) is 7.20. The van der Waals surface area contributed by atoms with E-state index in [0.29, 0.717) is 10.7 Å². The molecule has 0 saturated heterocycles. The van der Waals surface area contributed by atoms with Crippen molar-refractivity contribution in [3.05, 3.63) is 64.2 Å². The molecule has 0 radical (unpaired) electrons. The quantitative estimate of drug-likeness (QED) is 0.679. The number of aliphatic imine (C=N–C) groups is 1. The molecule has 0 aliphatic carbocycles. The maximum Gasteiger partial charge on any atom is 0.335 e. The monoisotopic (exact) mass is 382 g/mol. The Balaban J connectivity index is 1.97. The van der Waals surface area contributed by atoms with Crippen LogP contribution in [-0.2, 0) is 0 Å². The number of rotatable bonds is 4. The zero-order valence-corrected chi connectivity index (χ0v) is 16.7. The topological polar surface area (TPSA) is 52.9 Å². The average Bonchev–Trinajstić information content (AvgIpc) is 2.60. The van der Waals surface area contributed by atoms with Crippen LogP contribution in [0.1, 0.15) is 49.2 Å². The van der Waals surface area contributed by atoms with Gasteiger partial charge in [0.25, 0.3) is 0 Å². The molecular weight excluding hydrogens is 360 g/mol. The van der Waals surface area contributed by atoms with Gasteiger partial charge in [0.2, 0.25) is 0 Å². The highest BCUT2D eigenvalue weighted by Gasteiger charge is 2.30. The van der Waals surface area contributed by atoms with Gasteiger partial charge in [-0.15, -0.1) is 0 Å². The standard InChI is InChI=1S/C22H23ClN2O2/c1-5-25-20-11-19(23)16(10-18(20)14(2)12-22(25,3)4)13-24-17-8-6-15(7-9-17)21(26)27/h6-13H,5H2,1-4H3,(H,26,27). The van der Waals surface area contributed by atoms with Crippen LogP contribution in [0.15, 0.2) is 47.5 Å². The summed E-state index contributed by atoms with van der Waals surface area (Å²) in [6.07, 6.45) is 4.00. The predicted octanol–water partition coefficient (Wildman–Crippen LogP) is 5.81. The summed E-state index contributed by atoms with van der Waals surface area (Å²) in [4.78, 5) is 17.7. The molecule has 2 aromatic rings. The Bertz CT molecular complexity index is 944. The number of halogens is 1. The van der Waals surface area contributed by atoms with Crippen molar-refractivity contribution < 1.29 is 9.90 Å². The van der Waals surface area contributed by atoms with Gasteiger partial charge in [-0.25, -0.2) is 4.79 Å². The minimum atomic E-state index is -0.950. The third-order valence-electron chi connectivity index (χ3n) is 4.88. The van der Waals surface area contributed by atoms with Crippen LogP contribution in [0.4, 0.5) is 11.4 Å². The molecule has 27 heavy (non-hydrogen) atoms. The Morgan fingerprint density at radius 2 is 1.93 bits per heavy atom. The number of likely N-dealkylation sites (N-methyl/N-ethyl adjacent to an activating group) is 1. The molecule has 2 aromatic carbocycles. The van der Waals surface area contributed by atoms with Crippen LogP contribution in [0.3, 0.4) is 0 Å². The van der Waals surface area contributed by atoms with Gasteiger partial charge in [0.1, 0.15) is 0 Å². The molecule has 1 heterocycles. The fourth-order valence-electron chi connectivity index (χ4n) is 3.63. The van der Waals surface area contributed by atoms with Crippen LogP contribution in [0.5, 0.6) is 0 Å². The highest BCUT2D eigenvalue weighted by molar-refractivity contribution is 6.33. The van der Waals surface area contributed by atoms with Crippen LogP contribution >= 0.6 is 11.6 Å². The number of carbonyl (C=O) groups is 1. The largest absolute Gasteiger partial charge is 0.478 e. The van der Waals surface area contributed by atoms with E-state index < -0.39 is 5.97 Å². The number of hydrogen-bond donors (Lipinski definition) is 1. The van der Waals surface area contributed by atoms with Crippen molar-refractivity contribution in [1.82, 2.24) is 0 Å². The number of fused-ring (bicyclic) bond motifs is 1. The van der Waals surface area contributed by atoms with E-state index in [1.165, 1.54) is 17.7 Å². The van der Waals surface area contributed by atoms with Crippen LogP contribution in [0.25, 0.3) is 5.57 Å². The SMILES string of the molecule is CCN1c2cc(Cl)c(C=Nc3ccc(C(=O)O)cc3)cc2C(C)=CC1(C)C. The summed E-state index contributed by atoms with van der Waals surface area (Å²) in [5.41, 5.74) is 5.20. The first-order chi connectivity index (χ1) is 12.7. The van der Waals surface area contributed by atoms with Gasteiger partial charge in [0.15, 0.2) is 0 Å². The lowest BCUT2D eigenvalue weighted by molar-refractivity contribution is 0.0697. The molecule has 0 saturated carbocycles. The van der Waals surface area contributed by atoms with E-state index in [4.69, 9.17) is 16.7 Å². The van der Waals surface area contributed by atoms with E-state index in [0.717, 1.165) is 23.4 Å². The fraction of sp³-hybridized carbons (Fsp3) is 0.273. The zero-order valence-electron chi connectivity index (χ0n) is 16.0. The molecular formula is C22H23ClN2O2. The first kappa shape index (κ1) is 19.2. The maximum absolute atomic E-state index is 10.9. The fourth-order valence-corrected chi connectivity index (χ4v) is 3.83. The highest BCUT2D eigenvalue weighted by Crippen LogP contribution is 2.41. The van der Waals surface area contributed by atoms with Crippen molar-refractivity contribution in [2.45, 2.75) is 33.2 Å². The highest BCUT2D eigenvalue weighted by atomic mass is 35.5. The second-order valence-corrected chi connectivity index (χ2v) is 7.63. The minimum Gasteiger partial charge on any atom is -0.478 e. The Hall–Kier alpha value is -2.59. The Morgan fingerprint density at radius 3 is 2.52 bits per heavy atom. The molecule has 1 N–H and O–H groups in total. The lowest BCUT2D eigenvalue weighted by Gasteiger charge is -2.43. The van der Waals surface area contributed by atoms with E-state index in [2.05, 4.69) is 49.7 Å².